The molecule has 6 nitrogen and oxygen atoms in total. The van der Waals surface area contributed by atoms with E-state index in [1.54, 1.807) is 45.0 Å². The molecule has 1 aliphatic rings. The van der Waals surface area contributed by atoms with Crippen LogP contribution >= 0.6 is 0 Å². The number of hydrogen-bond donors (Lipinski definition) is 1. The summed E-state index contributed by atoms with van der Waals surface area (Å²) in [5.74, 6) is -2.10. The normalized spacial score (nSPS) is 16.3. The van der Waals surface area contributed by atoms with Crippen molar-refractivity contribution in [1.82, 2.24) is 4.90 Å². The SMILES string of the molecule is CCOC(=O)c1ccc(CN2C(=O)C(O)=C(C(=O)C(C)C)C2c2ccccc2)cc1. The number of Topliss-reactive ketones (excluding diaryl/α,β-unsaturated/α-hetero) is 1. The van der Waals surface area contributed by atoms with Crippen molar-refractivity contribution in [2.75, 3.05) is 6.61 Å². The van der Waals surface area contributed by atoms with Gasteiger partial charge in [-0.1, -0.05) is 56.3 Å². The zero-order valence-electron chi connectivity index (χ0n) is 17.3. The average molecular weight is 407 g/mol. The number of ketones is 1. The molecule has 1 N–H and O–H groups in total. The van der Waals surface area contributed by atoms with Crippen LogP contribution < -0.4 is 0 Å². The summed E-state index contributed by atoms with van der Waals surface area (Å²) in [7, 11) is 0. The zero-order chi connectivity index (χ0) is 21.8. The van der Waals surface area contributed by atoms with Gasteiger partial charge in [0.05, 0.1) is 23.8 Å². The van der Waals surface area contributed by atoms with E-state index in [9.17, 15) is 19.5 Å². The fourth-order valence-corrected chi connectivity index (χ4v) is 3.52. The fraction of sp³-hybridized carbons (Fsp3) is 0.292. The number of amides is 1. The smallest absolute Gasteiger partial charge is 0.338 e. The van der Waals surface area contributed by atoms with Crippen LogP contribution in [0.1, 0.15) is 48.3 Å². The van der Waals surface area contributed by atoms with Gasteiger partial charge in [0.15, 0.2) is 11.5 Å². The predicted molar refractivity (Wildman–Crippen MR) is 112 cm³/mol. The van der Waals surface area contributed by atoms with Gasteiger partial charge in [-0.3, -0.25) is 9.59 Å². The van der Waals surface area contributed by atoms with Gasteiger partial charge >= 0.3 is 5.97 Å². The zero-order valence-corrected chi connectivity index (χ0v) is 17.3. The lowest BCUT2D eigenvalue weighted by Gasteiger charge is -2.27. The molecule has 0 saturated heterocycles. The maximum Gasteiger partial charge on any atom is 0.338 e. The van der Waals surface area contributed by atoms with Crippen LogP contribution in [-0.4, -0.2) is 34.3 Å². The van der Waals surface area contributed by atoms with Crippen molar-refractivity contribution in [1.29, 1.82) is 0 Å². The van der Waals surface area contributed by atoms with Crippen molar-refractivity contribution in [3.05, 3.63) is 82.6 Å². The predicted octanol–water partition coefficient (Wildman–Crippen LogP) is 3.98. The van der Waals surface area contributed by atoms with Crippen LogP contribution in [0.3, 0.4) is 0 Å². The number of hydrogen-bond acceptors (Lipinski definition) is 5. The number of aliphatic hydroxyl groups is 1. The molecular weight excluding hydrogens is 382 g/mol. The van der Waals surface area contributed by atoms with E-state index in [1.807, 2.05) is 30.3 Å². The molecule has 6 heteroatoms. The molecule has 0 aromatic heterocycles. The summed E-state index contributed by atoms with van der Waals surface area (Å²) in [6.07, 6.45) is 0. The Labute approximate surface area is 175 Å². The quantitative estimate of drug-likeness (QED) is 0.702. The third kappa shape index (κ3) is 4.13. The van der Waals surface area contributed by atoms with Gasteiger partial charge in [0.1, 0.15) is 0 Å². The molecule has 30 heavy (non-hydrogen) atoms. The standard InChI is InChI=1S/C24H25NO5/c1-4-30-24(29)18-12-10-16(11-13-18)14-25-20(17-8-6-5-7-9-17)19(21(26)15(2)3)22(27)23(25)28/h5-13,15,20,27H,4,14H2,1-3H3. The lowest BCUT2D eigenvalue weighted by Crippen LogP contribution is -2.31. The van der Waals surface area contributed by atoms with E-state index < -0.39 is 23.7 Å². The largest absolute Gasteiger partial charge is 0.503 e. The maximum absolute atomic E-state index is 12.9. The number of carbonyl (C=O) groups is 3. The highest BCUT2D eigenvalue weighted by atomic mass is 16.5. The number of ether oxygens (including phenoxy) is 1. The Morgan fingerprint density at radius 1 is 1.07 bits per heavy atom. The highest BCUT2D eigenvalue weighted by Crippen LogP contribution is 2.39. The van der Waals surface area contributed by atoms with E-state index in [0.29, 0.717) is 12.2 Å². The summed E-state index contributed by atoms with van der Waals surface area (Å²) in [5, 5.41) is 10.5. The summed E-state index contributed by atoms with van der Waals surface area (Å²) in [4.78, 5) is 39.0. The monoisotopic (exact) mass is 407 g/mol. The van der Waals surface area contributed by atoms with Crippen LogP contribution in [0.25, 0.3) is 0 Å². The lowest BCUT2D eigenvalue weighted by molar-refractivity contribution is -0.130. The van der Waals surface area contributed by atoms with Gasteiger partial charge < -0.3 is 14.7 Å². The number of rotatable bonds is 7. The van der Waals surface area contributed by atoms with Crippen molar-refractivity contribution in [3.63, 3.8) is 0 Å². The number of benzene rings is 2. The van der Waals surface area contributed by atoms with E-state index in [1.165, 1.54) is 4.90 Å². The third-order valence-corrected chi connectivity index (χ3v) is 5.03. The molecule has 0 spiro atoms. The summed E-state index contributed by atoms with van der Waals surface area (Å²) >= 11 is 0. The van der Waals surface area contributed by atoms with Crippen molar-refractivity contribution in [2.24, 2.45) is 5.92 Å². The summed E-state index contributed by atoms with van der Waals surface area (Å²) in [5.41, 5.74) is 2.07. The van der Waals surface area contributed by atoms with Gasteiger partial charge in [0, 0.05) is 12.5 Å². The highest BCUT2D eigenvalue weighted by Gasteiger charge is 2.43. The molecule has 0 saturated carbocycles. The van der Waals surface area contributed by atoms with E-state index in [-0.39, 0.29) is 23.8 Å². The molecule has 0 bridgehead atoms. The Morgan fingerprint density at radius 2 is 1.70 bits per heavy atom. The van der Waals surface area contributed by atoms with Crippen LogP contribution in [0, 0.1) is 5.92 Å². The van der Waals surface area contributed by atoms with Crippen LogP contribution in [0.15, 0.2) is 65.9 Å². The van der Waals surface area contributed by atoms with Crippen molar-refractivity contribution < 1.29 is 24.2 Å². The van der Waals surface area contributed by atoms with E-state index in [0.717, 1.165) is 11.1 Å². The van der Waals surface area contributed by atoms with E-state index in [2.05, 4.69) is 0 Å². The van der Waals surface area contributed by atoms with Gasteiger partial charge in [-0.25, -0.2) is 4.79 Å². The second kappa shape index (κ2) is 8.95. The Bertz CT molecular complexity index is 976. The Kier molecular flexibility index (Phi) is 6.35. The molecule has 156 valence electrons. The molecular formula is C24H25NO5. The maximum atomic E-state index is 12.9. The third-order valence-electron chi connectivity index (χ3n) is 5.03. The molecule has 0 aliphatic carbocycles. The van der Waals surface area contributed by atoms with E-state index >= 15 is 0 Å². The Balaban J connectivity index is 1.94. The number of aliphatic hydroxyl groups excluding tert-OH is 1. The lowest BCUT2D eigenvalue weighted by atomic mass is 9.91. The van der Waals surface area contributed by atoms with Gasteiger partial charge in [-0.2, -0.15) is 0 Å². The fourth-order valence-electron chi connectivity index (χ4n) is 3.52. The average Bonchev–Trinajstić information content (AvgIpc) is 2.99. The first-order valence-electron chi connectivity index (χ1n) is 9.94. The molecule has 1 amide bonds. The molecule has 0 fully saturated rings. The molecule has 2 aromatic rings. The molecule has 1 unspecified atom stereocenters. The van der Waals surface area contributed by atoms with Gasteiger partial charge in [0.25, 0.3) is 5.91 Å². The summed E-state index contributed by atoms with van der Waals surface area (Å²) in [6.45, 7) is 5.70. The van der Waals surface area contributed by atoms with Crippen molar-refractivity contribution in [2.45, 2.75) is 33.4 Å². The molecule has 2 aromatic carbocycles. The van der Waals surface area contributed by atoms with Crippen LogP contribution in [0.4, 0.5) is 0 Å². The van der Waals surface area contributed by atoms with Crippen molar-refractivity contribution >= 4 is 17.7 Å². The van der Waals surface area contributed by atoms with Crippen LogP contribution in [0.5, 0.6) is 0 Å². The second-order valence-electron chi connectivity index (χ2n) is 7.44. The number of esters is 1. The number of nitrogens with zero attached hydrogens (tertiary/aromatic N) is 1. The Morgan fingerprint density at radius 3 is 2.27 bits per heavy atom. The van der Waals surface area contributed by atoms with Crippen LogP contribution in [-0.2, 0) is 20.9 Å². The number of carbonyl (C=O) groups excluding carboxylic acids is 3. The Hall–Kier alpha value is -3.41. The first kappa shape index (κ1) is 21.3. The van der Waals surface area contributed by atoms with E-state index in [4.69, 9.17) is 4.74 Å². The van der Waals surface area contributed by atoms with Gasteiger partial charge in [-0.15, -0.1) is 0 Å². The molecule has 1 heterocycles. The van der Waals surface area contributed by atoms with Crippen LogP contribution in [0.2, 0.25) is 0 Å². The van der Waals surface area contributed by atoms with Crippen molar-refractivity contribution in [3.8, 4) is 0 Å². The minimum Gasteiger partial charge on any atom is -0.503 e. The minimum atomic E-state index is -0.668. The second-order valence-corrected chi connectivity index (χ2v) is 7.44. The molecule has 1 atom stereocenters. The molecule has 3 rings (SSSR count). The minimum absolute atomic E-state index is 0.129. The molecule has 0 radical (unpaired) electrons. The topological polar surface area (TPSA) is 83.9 Å². The van der Waals surface area contributed by atoms with Gasteiger partial charge in [-0.05, 0) is 30.2 Å². The first-order valence-corrected chi connectivity index (χ1v) is 9.94. The molecule has 1 aliphatic heterocycles. The summed E-state index contributed by atoms with van der Waals surface area (Å²) in [6, 6.07) is 15.3. The summed E-state index contributed by atoms with van der Waals surface area (Å²) < 4.78 is 4.99. The highest BCUT2D eigenvalue weighted by molar-refractivity contribution is 6.09. The first-order chi connectivity index (χ1) is 14.3. The van der Waals surface area contributed by atoms with Gasteiger partial charge in [0.2, 0.25) is 0 Å².